The van der Waals surface area contributed by atoms with Crippen LogP contribution in [0.25, 0.3) is 21.5 Å². The molecular weight excluding hydrogens is 362 g/mol. The highest BCUT2D eigenvalue weighted by Gasteiger charge is 2.22. The molecule has 0 saturated carbocycles. The van der Waals surface area contributed by atoms with Crippen molar-refractivity contribution in [1.29, 1.82) is 0 Å². The standard InChI is InChI=1S/C24H25N3S/c1-27-11-5-8-21(27)13-19-15-25-23-10-9-18(14-22(19)23)24-26-20(16-28-24)12-17-6-3-2-4-7-17/h2-4,6-7,9-10,14-16,21,25H,5,8,11-13H2,1H3/t21-/m0/s1. The summed E-state index contributed by atoms with van der Waals surface area (Å²) in [6.07, 6.45) is 6.83. The quantitative estimate of drug-likeness (QED) is 0.489. The Morgan fingerprint density at radius 2 is 2.07 bits per heavy atom. The molecule has 0 aliphatic carbocycles. The molecule has 0 amide bonds. The molecule has 2 aromatic heterocycles. The highest BCUT2D eigenvalue weighted by atomic mass is 32.1. The highest BCUT2D eigenvalue weighted by molar-refractivity contribution is 7.13. The molecule has 0 unspecified atom stereocenters. The van der Waals surface area contributed by atoms with Crippen LogP contribution in [0, 0.1) is 0 Å². The lowest BCUT2D eigenvalue weighted by atomic mass is 10.0. The number of fused-ring (bicyclic) bond motifs is 1. The number of hydrogen-bond acceptors (Lipinski definition) is 3. The number of rotatable bonds is 5. The number of likely N-dealkylation sites (tertiary alicyclic amines) is 1. The third-order valence-electron chi connectivity index (χ3n) is 5.92. The third-order valence-corrected chi connectivity index (χ3v) is 6.86. The minimum absolute atomic E-state index is 0.667. The Bertz CT molecular complexity index is 1080. The lowest BCUT2D eigenvalue weighted by Gasteiger charge is -2.18. The van der Waals surface area contributed by atoms with E-state index in [0.717, 1.165) is 23.5 Å². The van der Waals surface area contributed by atoms with Gasteiger partial charge in [0.25, 0.3) is 0 Å². The van der Waals surface area contributed by atoms with Crippen LogP contribution in [-0.2, 0) is 12.8 Å². The monoisotopic (exact) mass is 387 g/mol. The molecule has 1 aliphatic rings. The molecule has 1 atom stereocenters. The van der Waals surface area contributed by atoms with Gasteiger partial charge in [0.15, 0.2) is 0 Å². The lowest BCUT2D eigenvalue weighted by molar-refractivity contribution is 0.310. The number of benzene rings is 2. The molecular formula is C24H25N3S. The Balaban J connectivity index is 1.41. The zero-order valence-corrected chi connectivity index (χ0v) is 17.0. The summed E-state index contributed by atoms with van der Waals surface area (Å²) in [6, 6.07) is 17.9. The molecule has 0 bridgehead atoms. The predicted octanol–water partition coefficient (Wildman–Crippen LogP) is 5.52. The number of hydrogen-bond donors (Lipinski definition) is 1. The van der Waals surface area contributed by atoms with Crippen molar-refractivity contribution in [3.63, 3.8) is 0 Å². The first-order valence-corrected chi connectivity index (χ1v) is 10.9. The first-order valence-electron chi connectivity index (χ1n) is 10.1. The van der Waals surface area contributed by atoms with Crippen LogP contribution < -0.4 is 0 Å². The molecule has 1 N–H and O–H groups in total. The van der Waals surface area contributed by atoms with Crippen molar-refractivity contribution in [2.75, 3.05) is 13.6 Å². The van der Waals surface area contributed by atoms with Crippen molar-refractivity contribution in [2.24, 2.45) is 0 Å². The average Bonchev–Trinajstić information content (AvgIpc) is 3.44. The van der Waals surface area contributed by atoms with Crippen LogP contribution in [0.4, 0.5) is 0 Å². The lowest BCUT2D eigenvalue weighted by Crippen LogP contribution is -2.26. The van der Waals surface area contributed by atoms with Crippen LogP contribution in [0.15, 0.2) is 60.1 Å². The Kier molecular flexibility index (Phi) is 4.75. The summed E-state index contributed by atoms with van der Waals surface area (Å²) in [7, 11) is 2.25. The number of aromatic amines is 1. The Morgan fingerprint density at radius 3 is 2.89 bits per heavy atom. The number of aromatic nitrogens is 2. The molecule has 0 radical (unpaired) electrons. The number of nitrogens with zero attached hydrogens (tertiary/aromatic N) is 2. The number of thiazole rings is 1. The average molecular weight is 388 g/mol. The van der Waals surface area contributed by atoms with Crippen molar-refractivity contribution >= 4 is 22.2 Å². The summed E-state index contributed by atoms with van der Waals surface area (Å²) < 4.78 is 0. The fourth-order valence-electron chi connectivity index (χ4n) is 4.30. The van der Waals surface area contributed by atoms with E-state index in [2.05, 4.69) is 77.0 Å². The van der Waals surface area contributed by atoms with Gasteiger partial charge in [0, 0.05) is 40.5 Å². The van der Waals surface area contributed by atoms with Gasteiger partial charge < -0.3 is 9.88 Å². The van der Waals surface area contributed by atoms with Crippen molar-refractivity contribution in [1.82, 2.24) is 14.9 Å². The molecule has 4 heteroatoms. The normalized spacial score (nSPS) is 17.5. The number of likely N-dealkylation sites (N-methyl/N-ethyl adjacent to an activating group) is 1. The minimum atomic E-state index is 0.667. The van der Waals surface area contributed by atoms with Crippen molar-refractivity contribution < 1.29 is 0 Å². The van der Waals surface area contributed by atoms with Crippen LogP contribution >= 0.6 is 11.3 Å². The minimum Gasteiger partial charge on any atom is -0.361 e. The van der Waals surface area contributed by atoms with Gasteiger partial charge in [-0.25, -0.2) is 4.98 Å². The Morgan fingerprint density at radius 1 is 1.18 bits per heavy atom. The SMILES string of the molecule is CN1CCC[C@H]1Cc1c[nH]c2ccc(-c3nc(Cc4ccccc4)cs3)cc12. The fraction of sp³-hybridized carbons (Fsp3) is 0.292. The first kappa shape index (κ1) is 17.7. The molecule has 4 aromatic rings. The van der Waals surface area contributed by atoms with Gasteiger partial charge in [-0.3, -0.25) is 0 Å². The van der Waals surface area contributed by atoms with E-state index in [-0.39, 0.29) is 0 Å². The van der Waals surface area contributed by atoms with Gasteiger partial charge in [-0.2, -0.15) is 0 Å². The summed E-state index contributed by atoms with van der Waals surface area (Å²) >= 11 is 1.74. The summed E-state index contributed by atoms with van der Waals surface area (Å²) in [5.74, 6) is 0. The Labute approximate surface area is 170 Å². The zero-order chi connectivity index (χ0) is 18.9. The molecule has 1 saturated heterocycles. The summed E-state index contributed by atoms with van der Waals surface area (Å²) in [4.78, 5) is 10.9. The van der Waals surface area contributed by atoms with E-state index < -0.39 is 0 Å². The molecule has 2 aromatic carbocycles. The second-order valence-electron chi connectivity index (χ2n) is 7.86. The van der Waals surface area contributed by atoms with E-state index in [1.54, 1.807) is 11.3 Å². The maximum Gasteiger partial charge on any atom is 0.123 e. The summed E-state index contributed by atoms with van der Waals surface area (Å²) in [6.45, 7) is 1.22. The van der Waals surface area contributed by atoms with Gasteiger partial charge in [-0.1, -0.05) is 30.3 Å². The van der Waals surface area contributed by atoms with E-state index in [1.807, 2.05) is 0 Å². The molecule has 5 rings (SSSR count). The van der Waals surface area contributed by atoms with E-state index >= 15 is 0 Å². The summed E-state index contributed by atoms with van der Waals surface area (Å²) in [5, 5.41) is 4.65. The Hall–Kier alpha value is -2.43. The molecule has 0 spiro atoms. The molecule has 142 valence electrons. The van der Waals surface area contributed by atoms with Gasteiger partial charge in [0.2, 0.25) is 0 Å². The van der Waals surface area contributed by atoms with Crippen LogP contribution in [0.5, 0.6) is 0 Å². The van der Waals surface area contributed by atoms with Gasteiger partial charge >= 0.3 is 0 Å². The van der Waals surface area contributed by atoms with Gasteiger partial charge in [0.05, 0.1) is 5.69 Å². The van der Waals surface area contributed by atoms with E-state index in [4.69, 9.17) is 4.98 Å². The fourth-order valence-corrected chi connectivity index (χ4v) is 5.11. The first-order chi connectivity index (χ1) is 13.8. The summed E-state index contributed by atoms with van der Waals surface area (Å²) in [5.41, 5.74) is 6.33. The van der Waals surface area contributed by atoms with E-state index in [0.29, 0.717) is 6.04 Å². The van der Waals surface area contributed by atoms with Gasteiger partial charge in [0.1, 0.15) is 5.01 Å². The largest absolute Gasteiger partial charge is 0.361 e. The topological polar surface area (TPSA) is 31.9 Å². The smallest absolute Gasteiger partial charge is 0.123 e. The third kappa shape index (κ3) is 3.50. The molecule has 1 aliphatic heterocycles. The van der Waals surface area contributed by atoms with Crippen LogP contribution in [0.3, 0.4) is 0 Å². The second kappa shape index (κ2) is 7.53. The zero-order valence-electron chi connectivity index (χ0n) is 16.2. The van der Waals surface area contributed by atoms with Crippen molar-refractivity contribution in [3.05, 3.63) is 76.9 Å². The van der Waals surface area contributed by atoms with Crippen LogP contribution in [-0.4, -0.2) is 34.5 Å². The second-order valence-corrected chi connectivity index (χ2v) is 8.72. The van der Waals surface area contributed by atoms with Crippen molar-refractivity contribution in [2.45, 2.75) is 31.7 Å². The highest BCUT2D eigenvalue weighted by Crippen LogP contribution is 2.31. The van der Waals surface area contributed by atoms with Crippen molar-refractivity contribution in [3.8, 4) is 10.6 Å². The molecule has 28 heavy (non-hydrogen) atoms. The molecule has 1 fully saturated rings. The van der Waals surface area contributed by atoms with Crippen LogP contribution in [0.2, 0.25) is 0 Å². The van der Waals surface area contributed by atoms with E-state index in [1.165, 1.54) is 47.0 Å². The maximum absolute atomic E-state index is 4.91. The maximum atomic E-state index is 4.91. The van der Waals surface area contributed by atoms with E-state index in [9.17, 15) is 0 Å². The van der Waals surface area contributed by atoms with Gasteiger partial charge in [-0.05, 0) is 62.2 Å². The molecule has 3 heterocycles. The molecule has 3 nitrogen and oxygen atoms in total. The predicted molar refractivity (Wildman–Crippen MR) is 118 cm³/mol. The number of H-pyrrole nitrogens is 1. The number of nitrogens with one attached hydrogen (secondary N) is 1. The van der Waals surface area contributed by atoms with Gasteiger partial charge in [-0.15, -0.1) is 11.3 Å². The van der Waals surface area contributed by atoms with Crippen LogP contribution in [0.1, 0.15) is 29.7 Å².